The maximum atomic E-state index is 13.5. The minimum absolute atomic E-state index is 0.0149. The van der Waals surface area contributed by atoms with Crippen molar-refractivity contribution in [3.63, 3.8) is 0 Å². The van der Waals surface area contributed by atoms with Gasteiger partial charge < -0.3 is 15.0 Å². The molecule has 10 heteroatoms. The second-order valence-electron chi connectivity index (χ2n) is 9.46. The molecule has 2 aromatic rings. The molecular weight excluding hydrogens is 459 g/mol. The van der Waals surface area contributed by atoms with Gasteiger partial charge in [0.2, 0.25) is 0 Å². The van der Waals surface area contributed by atoms with Crippen LogP contribution in [0.4, 0.5) is 18.9 Å². The van der Waals surface area contributed by atoms with Gasteiger partial charge in [0, 0.05) is 29.9 Å². The topological polar surface area (TPSA) is 71.5 Å². The summed E-state index contributed by atoms with van der Waals surface area (Å²) < 4.78 is 45.1. The van der Waals surface area contributed by atoms with E-state index in [0.29, 0.717) is 31.4 Å². The fourth-order valence-corrected chi connectivity index (χ4v) is 5.38. The summed E-state index contributed by atoms with van der Waals surface area (Å²) in [5.74, 6) is -3.51. The number of hydrogen-bond donors (Lipinski definition) is 1. The van der Waals surface area contributed by atoms with Gasteiger partial charge in [0.05, 0.1) is 18.1 Å². The van der Waals surface area contributed by atoms with Crippen molar-refractivity contribution >= 4 is 29.0 Å². The molecule has 1 amide bonds. The molecule has 1 aromatic heterocycles. The number of benzene rings is 1. The van der Waals surface area contributed by atoms with Gasteiger partial charge in [0.25, 0.3) is 11.8 Å². The van der Waals surface area contributed by atoms with E-state index in [0.717, 1.165) is 6.07 Å². The number of nitrogens with zero attached hydrogens (tertiary/aromatic N) is 2. The van der Waals surface area contributed by atoms with E-state index >= 15 is 0 Å². The largest absolute Gasteiger partial charge is 0.486 e. The van der Waals surface area contributed by atoms with Crippen molar-refractivity contribution in [1.82, 2.24) is 10.3 Å². The van der Waals surface area contributed by atoms with Gasteiger partial charge in [-0.3, -0.25) is 14.6 Å². The van der Waals surface area contributed by atoms with Crippen molar-refractivity contribution in [3.05, 3.63) is 53.1 Å². The molecule has 6 rings (SSSR count). The summed E-state index contributed by atoms with van der Waals surface area (Å²) in [6, 6.07) is 7.13. The highest BCUT2D eigenvalue weighted by molar-refractivity contribution is 6.30. The molecule has 0 radical (unpaired) electrons. The van der Waals surface area contributed by atoms with Crippen molar-refractivity contribution in [2.45, 2.75) is 37.1 Å². The quantitative estimate of drug-likeness (QED) is 0.619. The Morgan fingerprint density at radius 3 is 2.55 bits per heavy atom. The van der Waals surface area contributed by atoms with Crippen LogP contribution in [0.25, 0.3) is 0 Å². The SMILES string of the molecule is O=C(COc1ccc(Cl)c(F)c1)CC12CC(NC(=O)c3cc(N4CC(F)(F)C4)ccn3)(C1)C2. The van der Waals surface area contributed by atoms with E-state index in [1.807, 2.05) is 0 Å². The molecule has 1 aromatic carbocycles. The minimum Gasteiger partial charge on any atom is -0.486 e. The molecule has 33 heavy (non-hydrogen) atoms. The third kappa shape index (κ3) is 4.26. The number of hydrogen-bond acceptors (Lipinski definition) is 5. The third-order valence-corrected chi connectivity index (χ3v) is 6.87. The second kappa shape index (κ2) is 7.62. The lowest BCUT2D eigenvalue weighted by atomic mass is 9.38. The van der Waals surface area contributed by atoms with Gasteiger partial charge in [-0.25, -0.2) is 13.2 Å². The summed E-state index contributed by atoms with van der Waals surface area (Å²) >= 11 is 5.63. The lowest BCUT2D eigenvalue weighted by Crippen LogP contribution is -2.75. The molecule has 0 atom stereocenters. The highest BCUT2D eigenvalue weighted by atomic mass is 35.5. The van der Waals surface area contributed by atoms with Crippen LogP contribution in [0.15, 0.2) is 36.5 Å². The number of pyridine rings is 1. The lowest BCUT2D eigenvalue weighted by Gasteiger charge is -2.70. The van der Waals surface area contributed by atoms with E-state index in [1.54, 1.807) is 6.07 Å². The van der Waals surface area contributed by atoms with Crippen LogP contribution in [0.2, 0.25) is 5.02 Å². The molecule has 2 bridgehead atoms. The highest BCUT2D eigenvalue weighted by Gasteiger charge is 2.68. The Hall–Kier alpha value is -2.81. The van der Waals surface area contributed by atoms with Crippen molar-refractivity contribution < 1.29 is 27.5 Å². The number of Topliss-reactive ketones (excluding diaryl/α,β-unsaturated/α-hetero) is 1. The first-order valence-electron chi connectivity index (χ1n) is 10.6. The van der Waals surface area contributed by atoms with E-state index < -0.39 is 11.7 Å². The number of aromatic nitrogens is 1. The number of nitrogens with one attached hydrogen (secondary N) is 1. The van der Waals surface area contributed by atoms with Gasteiger partial charge in [-0.2, -0.15) is 0 Å². The van der Waals surface area contributed by atoms with Crippen LogP contribution in [-0.2, 0) is 4.79 Å². The van der Waals surface area contributed by atoms with E-state index in [-0.39, 0.29) is 58.8 Å². The molecule has 1 N–H and O–H groups in total. The van der Waals surface area contributed by atoms with Gasteiger partial charge in [-0.05, 0) is 48.9 Å². The number of carbonyl (C=O) groups excluding carboxylic acids is 2. The molecule has 4 aliphatic rings. The van der Waals surface area contributed by atoms with Crippen LogP contribution >= 0.6 is 11.6 Å². The molecule has 3 aliphatic carbocycles. The smallest absolute Gasteiger partial charge is 0.282 e. The molecule has 4 fully saturated rings. The van der Waals surface area contributed by atoms with Crippen LogP contribution in [0, 0.1) is 11.2 Å². The zero-order valence-corrected chi connectivity index (χ0v) is 18.3. The summed E-state index contributed by atoms with van der Waals surface area (Å²) in [5.41, 5.74) is 0.235. The van der Waals surface area contributed by atoms with E-state index in [1.165, 1.54) is 29.3 Å². The molecular formula is C23H21ClF3N3O3. The van der Waals surface area contributed by atoms with Gasteiger partial charge in [-0.15, -0.1) is 0 Å². The number of halogens is 4. The van der Waals surface area contributed by atoms with Gasteiger partial charge in [0.15, 0.2) is 5.78 Å². The first-order valence-corrected chi connectivity index (χ1v) is 10.9. The number of amides is 1. The van der Waals surface area contributed by atoms with E-state index in [2.05, 4.69) is 10.3 Å². The Morgan fingerprint density at radius 1 is 1.15 bits per heavy atom. The summed E-state index contributed by atoms with van der Waals surface area (Å²) in [6.45, 7) is -0.890. The fraction of sp³-hybridized carbons (Fsp3) is 0.435. The molecule has 1 saturated heterocycles. The van der Waals surface area contributed by atoms with E-state index in [4.69, 9.17) is 16.3 Å². The first kappa shape index (κ1) is 22.0. The molecule has 0 unspecified atom stereocenters. The number of rotatable bonds is 8. The van der Waals surface area contributed by atoms with Crippen molar-refractivity contribution in [1.29, 1.82) is 0 Å². The molecule has 174 valence electrons. The fourth-order valence-electron chi connectivity index (χ4n) is 5.26. The van der Waals surface area contributed by atoms with Crippen LogP contribution in [0.5, 0.6) is 5.75 Å². The van der Waals surface area contributed by atoms with Crippen LogP contribution in [-0.4, -0.2) is 47.8 Å². The number of carbonyl (C=O) groups is 2. The normalized spacial score (nSPS) is 26.5. The summed E-state index contributed by atoms with van der Waals surface area (Å²) in [7, 11) is 0. The summed E-state index contributed by atoms with van der Waals surface area (Å²) in [4.78, 5) is 30.6. The number of anilines is 1. The zero-order valence-electron chi connectivity index (χ0n) is 17.5. The standard InChI is InChI=1S/C23H21ClF3N3O3/c24-17-2-1-16(6-18(17)25)33-8-15(31)7-21-9-22(10-21,11-21)29-20(32)19-5-14(3-4-28-19)30-12-23(26,27)13-30/h1-6H,7-13H2,(H,29,32). The Bertz CT molecular complexity index is 1120. The summed E-state index contributed by atoms with van der Waals surface area (Å²) in [6.07, 6.45) is 3.83. The maximum absolute atomic E-state index is 13.5. The number of ketones is 1. The Morgan fingerprint density at radius 2 is 1.88 bits per heavy atom. The molecule has 3 saturated carbocycles. The molecule has 2 heterocycles. The van der Waals surface area contributed by atoms with E-state index in [9.17, 15) is 22.8 Å². The molecule has 0 spiro atoms. The summed E-state index contributed by atoms with van der Waals surface area (Å²) in [5, 5.41) is 2.98. The lowest BCUT2D eigenvalue weighted by molar-refractivity contribution is -0.162. The van der Waals surface area contributed by atoms with Gasteiger partial charge in [0.1, 0.15) is 23.9 Å². The molecule has 1 aliphatic heterocycles. The second-order valence-corrected chi connectivity index (χ2v) is 9.86. The minimum atomic E-state index is -2.70. The van der Waals surface area contributed by atoms with Crippen LogP contribution < -0.4 is 15.0 Å². The Kier molecular flexibility index (Phi) is 5.08. The Labute approximate surface area is 193 Å². The third-order valence-electron chi connectivity index (χ3n) is 6.57. The van der Waals surface area contributed by atoms with Crippen molar-refractivity contribution in [2.24, 2.45) is 5.41 Å². The number of ether oxygens (including phenoxy) is 1. The number of alkyl halides is 2. The highest BCUT2D eigenvalue weighted by Crippen LogP contribution is 2.69. The molecule has 6 nitrogen and oxygen atoms in total. The maximum Gasteiger partial charge on any atom is 0.282 e. The monoisotopic (exact) mass is 479 g/mol. The average molecular weight is 480 g/mol. The van der Waals surface area contributed by atoms with Crippen molar-refractivity contribution in [3.8, 4) is 5.75 Å². The van der Waals surface area contributed by atoms with Gasteiger partial charge >= 0.3 is 0 Å². The van der Waals surface area contributed by atoms with Gasteiger partial charge in [-0.1, -0.05) is 11.6 Å². The predicted molar refractivity (Wildman–Crippen MR) is 114 cm³/mol. The first-order chi connectivity index (χ1) is 15.6. The zero-order chi connectivity index (χ0) is 23.4. The average Bonchev–Trinajstić information content (AvgIpc) is 2.70. The Balaban J connectivity index is 1.09. The van der Waals surface area contributed by atoms with Crippen LogP contribution in [0.1, 0.15) is 36.2 Å². The predicted octanol–water partition coefficient (Wildman–Crippen LogP) is 4.02. The van der Waals surface area contributed by atoms with Crippen LogP contribution in [0.3, 0.4) is 0 Å². The van der Waals surface area contributed by atoms with Crippen molar-refractivity contribution in [2.75, 3.05) is 24.6 Å².